The van der Waals surface area contributed by atoms with Crippen LogP contribution in [0.1, 0.15) is 45.0 Å². The largest absolute Gasteiger partial charge is 0.465 e. The third kappa shape index (κ3) is 5.59. The molecule has 6 heteroatoms. The number of nitrogens with one attached hydrogen (secondary N) is 1. The summed E-state index contributed by atoms with van der Waals surface area (Å²) >= 11 is 0. The third-order valence-corrected chi connectivity index (χ3v) is 5.77. The van der Waals surface area contributed by atoms with Crippen molar-refractivity contribution >= 4 is 22.5 Å². The molecule has 1 aromatic carbocycles. The second-order valence-corrected chi connectivity index (χ2v) is 9.35. The van der Waals surface area contributed by atoms with Crippen molar-refractivity contribution in [3.05, 3.63) is 72.6 Å². The van der Waals surface area contributed by atoms with Gasteiger partial charge in [-0.3, -0.25) is 9.78 Å². The van der Waals surface area contributed by atoms with E-state index in [2.05, 4.69) is 16.3 Å². The molecule has 0 aliphatic rings. The highest BCUT2D eigenvalue weighted by atomic mass is 32.2. The second kappa shape index (κ2) is 9.75. The Morgan fingerprint density at radius 2 is 1.82 bits per heavy atom. The van der Waals surface area contributed by atoms with E-state index in [0.717, 1.165) is 5.56 Å². The summed E-state index contributed by atoms with van der Waals surface area (Å²) in [7, 11) is -1.42. The average molecular weight is 401 g/mol. The van der Waals surface area contributed by atoms with Crippen molar-refractivity contribution in [2.75, 3.05) is 6.61 Å². The van der Waals surface area contributed by atoms with Crippen molar-refractivity contribution in [1.82, 2.24) is 9.71 Å². The lowest BCUT2D eigenvalue weighted by atomic mass is 9.86. The molecule has 0 amide bonds. The lowest BCUT2D eigenvalue weighted by molar-refractivity contribution is -0.146. The van der Waals surface area contributed by atoms with Crippen molar-refractivity contribution in [3.8, 4) is 0 Å². The fourth-order valence-corrected chi connectivity index (χ4v) is 3.54. The molecule has 150 valence electrons. The molecule has 1 N–H and O–H groups in total. The van der Waals surface area contributed by atoms with E-state index in [1.165, 1.54) is 0 Å². The van der Waals surface area contributed by atoms with Gasteiger partial charge in [0.15, 0.2) is 0 Å². The predicted octanol–water partition coefficient (Wildman–Crippen LogP) is 4.07. The van der Waals surface area contributed by atoms with E-state index in [4.69, 9.17) is 4.74 Å². The number of esters is 1. The van der Waals surface area contributed by atoms with Gasteiger partial charge in [0.25, 0.3) is 0 Å². The summed E-state index contributed by atoms with van der Waals surface area (Å²) in [4.78, 5) is 17.4. The van der Waals surface area contributed by atoms with Crippen molar-refractivity contribution in [1.29, 1.82) is 0 Å². The molecule has 0 saturated carbocycles. The number of pyridine rings is 1. The molecule has 28 heavy (non-hydrogen) atoms. The summed E-state index contributed by atoms with van der Waals surface area (Å²) in [6.45, 7) is 11.8. The van der Waals surface area contributed by atoms with Gasteiger partial charge in [-0.25, -0.2) is 8.93 Å². The smallest absolute Gasteiger partial charge is 0.315 e. The molecule has 0 spiro atoms. The summed E-state index contributed by atoms with van der Waals surface area (Å²) in [6, 6.07) is 14.3. The molecule has 1 aromatic heterocycles. The van der Waals surface area contributed by atoms with Gasteiger partial charge >= 0.3 is 5.97 Å². The second-order valence-electron chi connectivity index (χ2n) is 7.35. The molecule has 5 nitrogen and oxygen atoms in total. The van der Waals surface area contributed by atoms with Gasteiger partial charge in [0.2, 0.25) is 0 Å². The zero-order chi connectivity index (χ0) is 20.7. The molecular formula is C22H28N2O3S. The van der Waals surface area contributed by atoms with Gasteiger partial charge in [-0.05, 0) is 51.0 Å². The fourth-order valence-electron chi connectivity index (χ4n) is 2.69. The van der Waals surface area contributed by atoms with Crippen LogP contribution in [0.3, 0.4) is 0 Å². The molecule has 1 heterocycles. The van der Waals surface area contributed by atoms with Crippen LogP contribution < -0.4 is 4.72 Å². The Hall–Kier alpha value is -2.31. The molecule has 1 unspecified atom stereocenters. The number of nitrogens with zero attached hydrogens (tertiary/aromatic N) is 1. The van der Waals surface area contributed by atoms with Gasteiger partial charge in [0.05, 0.1) is 34.1 Å². The maximum absolute atomic E-state index is 13.0. The Morgan fingerprint density at radius 3 is 2.36 bits per heavy atom. The quantitative estimate of drug-likeness (QED) is 0.678. The zero-order valence-electron chi connectivity index (χ0n) is 16.8. The highest BCUT2D eigenvalue weighted by molar-refractivity contribution is 7.84. The molecular weight excluding hydrogens is 372 g/mol. The van der Waals surface area contributed by atoms with E-state index in [0.29, 0.717) is 11.3 Å². The number of rotatable bonds is 8. The predicted molar refractivity (Wildman–Crippen MR) is 114 cm³/mol. The highest BCUT2D eigenvalue weighted by Crippen LogP contribution is 2.34. The number of benzene rings is 1. The van der Waals surface area contributed by atoms with Crippen LogP contribution >= 0.6 is 0 Å². The minimum Gasteiger partial charge on any atom is -0.465 e. The molecule has 3 atom stereocenters. The van der Waals surface area contributed by atoms with Gasteiger partial charge in [-0.15, -0.1) is 0 Å². The van der Waals surface area contributed by atoms with Crippen LogP contribution in [0.2, 0.25) is 0 Å². The fraction of sp³-hybridized carbons (Fsp3) is 0.364. The normalized spacial score (nSPS) is 14.7. The van der Waals surface area contributed by atoms with Crippen molar-refractivity contribution in [2.45, 2.75) is 38.5 Å². The number of hydrogen-bond acceptors (Lipinski definition) is 4. The van der Waals surface area contributed by atoms with Crippen molar-refractivity contribution in [3.63, 3.8) is 0 Å². The first-order valence-corrected chi connectivity index (χ1v) is 10.4. The lowest BCUT2D eigenvalue weighted by Gasteiger charge is -2.30. The molecule has 0 saturated heterocycles. The molecule has 0 aliphatic heterocycles. The Bertz CT molecular complexity index is 817. The van der Waals surface area contributed by atoms with Crippen LogP contribution in [0.4, 0.5) is 0 Å². The van der Waals surface area contributed by atoms with Crippen LogP contribution in [0, 0.1) is 5.92 Å². The molecule has 0 fully saturated rings. The summed E-state index contributed by atoms with van der Waals surface area (Å²) < 4.78 is 20.8. The van der Waals surface area contributed by atoms with E-state index >= 15 is 0 Å². The van der Waals surface area contributed by atoms with E-state index in [-0.39, 0.29) is 6.61 Å². The monoisotopic (exact) mass is 400 g/mol. The minimum absolute atomic E-state index is 0.245. The van der Waals surface area contributed by atoms with E-state index in [9.17, 15) is 9.00 Å². The zero-order valence-corrected chi connectivity index (χ0v) is 17.7. The van der Waals surface area contributed by atoms with Gasteiger partial charge in [-0.1, -0.05) is 43.0 Å². The molecule has 0 radical (unpaired) electrons. The van der Waals surface area contributed by atoms with Crippen molar-refractivity contribution in [2.24, 2.45) is 5.92 Å². The standard InChI is InChI=1S/C22H28N2O3S/c1-6-27-21(25)19(16(2)17-12-8-7-9-13-17)20(18-14-10-11-15-23-18)24-28(26)22(3,4)5/h7-15,19-20,24H,2,6H2,1,3-5H3/t19-,20+,28?/m1/s1. The van der Waals surface area contributed by atoms with E-state index in [1.54, 1.807) is 19.2 Å². The Morgan fingerprint density at radius 1 is 1.18 bits per heavy atom. The van der Waals surface area contributed by atoms with Gasteiger partial charge < -0.3 is 4.74 Å². The Labute approximate surface area is 169 Å². The number of ether oxygens (including phenoxy) is 1. The number of carbonyl (C=O) groups is 1. The average Bonchev–Trinajstić information content (AvgIpc) is 2.68. The summed E-state index contributed by atoms with van der Waals surface area (Å²) in [5.74, 6) is -1.20. The van der Waals surface area contributed by atoms with E-state index in [1.807, 2.05) is 63.2 Å². The first-order valence-electron chi connectivity index (χ1n) is 9.25. The SMILES string of the molecule is C=C(c1ccccc1)[C@@H](C(=O)OCC)[C@@H](NS(=O)C(C)(C)C)c1ccccn1. The maximum Gasteiger partial charge on any atom is 0.315 e. The Balaban J connectivity index is 2.52. The van der Waals surface area contributed by atoms with Gasteiger partial charge in [0.1, 0.15) is 5.92 Å². The lowest BCUT2D eigenvalue weighted by Crippen LogP contribution is -2.41. The molecule has 0 bridgehead atoms. The first-order chi connectivity index (χ1) is 13.3. The molecule has 0 aliphatic carbocycles. The molecule has 2 aromatic rings. The summed E-state index contributed by atoms with van der Waals surface area (Å²) in [5.41, 5.74) is 2.02. The highest BCUT2D eigenvalue weighted by Gasteiger charge is 2.37. The number of carbonyl (C=O) groups excluding carboxylic acids is 1. The number of aromatic nitrogens is 1. The van der Waals surface area contributed by atoms with Crippen LogP contribution in [-0.4, -0.2) is 26.5 Å². The van der Waals surface area contributed by atoms with Crippen molar-refractivity contribution < 1.29 is 13.7 Å². The minimum atomic E-state index is -1.42. The van der Waals surface area contributed by atoms with Crippen LogP contribution in [0.5, 0.6) is 0 Å². The topological polar surface area (TPSA) is 68.3 Å². The Kier molecular flexibility index (Phi) is 7.66. The van der Waals surface area contributed by atoms with Crippen LogP contribution in [-0.2, 0) is 20.5 Å². The van der Waals surface area contributed by atoms with Gasteiger partial charge in [0, 0.05) is 6.20 Å². The van der Waals surface area contributed by atoms with Gasteiger partial charge in [-0.2, -0.15) is 0 Å². The summed E-state index contributed by atoms with van der Waals surface area (Å²) in [5, 5.41) is 0. The summed E-state index contributed by atoms with van der Waals surface area (Å²) in [6.07, 6.45) is 1.65. The van der Waals surface area contributed by atoms with Crippen LogP contribution in [0.15, 0.2) is 61.3 Å². The maximum atomic E-state index is 13.0. The number of hydrogen-bond donors (Lipinski definition) is 1. The third-order valence-electron chi connectivity index (χ3n) is 4.19. The van der Waals surface area contributed by atoms with E-state index < -0.39 is 33.7 Å². The van der Waals surface area contributed by atoms with Crippen LogP contribution in [0.25, 0.3) is 5.57 Å². The molecule has 2 rings (SSSR count). The first kappa shape index (κ1) is 22.0.